The first-order chi connectivity index (χ1) is 10.3. The second kappa shape index (κ2) is 7.89. The van der Waals surface area contributed by atoms with Gasteiger partial charge in [0.05, 0.1) is 6.61 Å². The quantitative estimate of drug-likeness (QED) is 0.850. The van der Waals surface area contributed by atoms with E-state index >= 15 is 0 Å². The zero-order valence-corrected chi connectivity index (χ0v) is 11.9. The first kappa shape index (κ1) is 14.8. The molecule has 0 spiro atoms. The van der Waals surface area contributed by atoms with Crippen LogP contribution < -0.4 is 14.8 Å². The van der Waals surface area contributed by atoms with Crippen molar-refractivity contribution < 1.29 is 14.3 Å². The van der Waals surface area contributed by atoms with Gasteiger partial charge in [-0.05, 0) is 42.8 Å². The molecule has 1 amide bonds. The van der Waals surface area contributed by atoms with Gasteiger partial charge in [0.2, 0.25) is 0 Å². The third-order valence-corrected chi connectivity index (χ3v) is 2.63. The highest BCUT2D eigenvalue weighted by molar-refractivity contribution is 5.91. The molecule has 21 heavy (non-hydrogen) atoms. The van der Waals surface area contributed by atoms with Crippen LogP contribution in [-0.2, 0) is 4.79 Å². The van der Waals surface area contributed by atoms with Crippen LogP contribution in [0.2, 0.25) is 0 Å². The Bertz CT molecular complexity index is 555. The highest BCUT2D eigenvalue weighted by Gasteiger charge is 2.03. The van der Waals surface area contributed by atoms with E-state index in [2.05, 4.69) is 17.2 Å². The van der Waals surface area contributed by atoms with Gasteiger partial charge in [0.1, 0.15) is 11.5 Å². The predicted molar refractivity (Wildman–Crippen MR) is 80.6 cm³/mol. The number of carbonyl (C=O) groups is 1. The lowest BCUT2D eigenvalue weighted by atomic mass is 10.3. The van der Waals surface area contributed by atoms with Crippen LogP contribution in [0.1, 0.15) is 13.3 Å². The maximum atomic E-state index is 11.7. The molecule has 5 heteroatoms. The van der Waals surface area contributed by atoms with E-state index in [0.717, 1.165) is 12.2 Å². The molecule has 0 saturated carbocycles. The predicted octanol–water partition coefficient (Wildman–Crippen LogP) is 2.89. The van der Waals surface area contributed by atoms with Crippen molar-refractivity contribution in [3.8, 4) is 11.5 Å². The summed E-state index contributed by atoms with van der Waals surface area (Å²) in [6.45, 7) is 2.70. The van der Waals surface area contributed by atoms with Crippen molar-refractivity contribution >= 4 is 11.6 Å². The summed E-state index contributed by atoms with van der Waals surface area (Å²) in [4.78, 5) is 15.6. The van der Waals surface area contributed by atoms with Crippen LogP contribution in [0.25, 0.3) is 0 Å². The largest absolute Gasteiger partial charge is 0.494 e. The molecule has 0 fully saturated rings. The Balaban J connectivity index is 1.78. The van der Waals surface area contributed by atoms with E-state index < -0.39 is 0 Å². The number of amides is 1. The molecule has 1 aromatic carbocycles. The molecule has 1 aromatic heterocycles. The molecule has 5 nitrogen and oxygen atoms in total. The van der Waals surface area contributed by atoms with Gasteiger partial charge in [0.25, 0.3) is 5.91 Å². The summed E-state index contributed by atoms with van der Waals surface area (Å²) in [5, 5.41) is 2.72. The highest BCUT2D eigenvalue weighted by atomic mass is 16.5. The van der Waals surface area contributed by atoms with Crippen LogP contribution in [0.4, 0.5) is 5.69 Å². The van der Waals surface area contributed by atoms with E-state index in [4.69, 9.17) is 9.47 Å². The van der Waals surface area contributed by atoms with E-state index in [9.17, 15) is 4.79 Å². The second-order valence-electron chi connectivity index (χ2n) is 4.39. The SMILES string of the molecule is CCCOc1ccc(OCC(=O)Nc2ccncc2)cc1. The number of pyridine rings is 1. The van der Waals surface area contributed by atoms with Crippen molar-refractivity contribution in [1.82, 2.24) is 4.98 Å². The number of carbonyl (C=O) groups excluding carboxylic acids is 1. The number of benzene rings is 1. The fraction of sp³-hybridized carbons (Fsp3) is 0.250. The minimum atomic E-state index is -0.215. The topological polar surface area (TPSA) is 60.5 Å². The van der Waals surface area contributed by atoms with Crippen LogP contribution in [-0.4, -0.2) is 24.1 Å². The zero-order valence-electron chi connectivity index (χ0n) is 11.9. The molecule has 0 bridgehead atoms. The summed E-state index contributed by atoms with van der Waals surface area (Å²) < 4.78 is 10.9. The Kier molecular flexibility index (Phi) is 5.58. The Morgan fingerprint density at radius 2 is 1.67 bits per heavy atom. The summed E-state index contributed by atoms with van der Waals surface area (Å²) in [6.07, 6.45) is 4.20. The number of rotatable bonds is 7. The molecule has 0 aliphatic rings. The average molecular weight is 286 g/mol. The number of anilines is 1. The molecule has 0 aliphatic carbocycles. The van der Waals surface area contributed by atoms with Crippen molar-refractivity contribution in [2.75, 3.05) is 18.5 Å². The van der Waals surface area contributed by atoms with E-state index in [1.165, 1.54) is 0 Å². The average Bonchev–Trinajstić information content (AvgIpc) is 2.53. The molecule has 2 aromatic rings. The molecule has 0 unspecified atom stereocenters. The van der Waals surface area contributed by atoms with Gasteiger partial charge in [-0.3, -0.25) is 9.78 Å². The summed E-state index contributed by atoms with van der Waals surface area (Å²) in [6, 6.07) is 10.7. The van der Waals surface area contributed by atoms with Crippen molar-refractivity contribution in [2.24, 2.45) is 0 Å². The van der Waals surface area contributed by atoms with Gasteiger partial charge < -0.3 is 14.8 Å². The summed E-state index contributed by atoms with van der Waals surface area (Å²) in [5.41, 5.74) is 0.696. The van der Waals surface area contributed by atoms with Crippen molar-refractivity contribution in [2.45, 2.75) is 13.3 Å². The van der Waals surface area contributed by atoms with Crippen LogP contribution in [0.5, 0.6) is 11.5 Å². The normalized spacial score (nSPS) is 9.95. The van der Waals surface area contributed by atoms with Crippen LogP contribution in [0.15, 0.2) is 48.8 Å². The van der Waals surface area contributed by atoms with Crippen molar-refractivity contribution in [3.05, 3.63) is 48.8 Å². The van der Waals surface area contributed by atoms with Gasteiger partial charge in [-0.25, -0.2) is 0 Å². The first-order valence-electron chi connectivity index (χ1n) is 6.83. The lowest BCUT2D eigenvalue weighted by molar-refractivity contribution is -0.118. The van der Waals surface area contributed by atoms with Crippen molar-refractivity contribution in [1.29, 1.82) is 0 Å². The summed E-state index contributed by atoms with van der Waals surface area (Å²) >= 11 is 0. The van der Waals surface area contributed by atoms with E-state index in [1.807, 2.05) is 12.1 Å². The second-order valence-corrected chi connectivity index (χ2v) is 4.39. The maximum Gasteiger partial charge on any atom is 0.262 e. The van der Waals surface area contributed by atoms with Gasteiger partial charge in [-0.2, -0.15) is 0 Å². The van der Waals surface area contributed by atoms with Crippen molar-refractivity contribution in [3.63, 3.8) is 0 Å². The molecule has 2 rings (SSSR count). The smallest absolute Gasteiger partial charge is 0.262 e. The standard InChI is InChI=1S/C16H18N2O3/c1-2-11-20-14-3-5-15(6-4-14)21-12-16(19)18-13-7-9-17-10-8-13/h3-10H,2,11-12H2,1H3,(H,17,18,19). The van der Waals surface area contributed by atoms with Gasteiger partial charge in [-0.1, -0.05) is 6.92 Å². The molecular weight excluding hydrogens is 268 g/mol. The summed E-state index contributed by atoms with van der Waals surface area (Å²) in [5.74, 6) is 1.21. The monoisotopic (exact) mass is 286 g/mol. The fourth-order valence-electron chi connectivity index (χ4n) is 1.63. The number of hydrogen-bond acceptors (Lipinski definition) is 4. The minimum absolute atomic E-state index is 0.0442. The Morgan fingerprint density at radius 1 is 1.05 bits per heavy atom. The van der Waals surface area contributed by atoms with E-state index in [0.29, 0.717) is 18.0 Å². The fourth-order valence-corrected chi connectivity index (χ4v) is 1.63. The Hall–Kier alpha value is -2.56. The highest BCUT2D eigenvalue weighted by Crippen LogP contribution is 2.17. The third-order valence-electron chi connectivity index (χ3n) is 2.63. The minimum Gasteiger partial charge on any atom is -0.494 e. The zero-order chi connectivity index (χ0) is 14.9. The molecule has 1 N–H and O–H groups in total. The van der Waals surface area contributed by atoms with Crippen LogP contribution >= 0.6 is 0 Å². The van der Waals surface area contributed by atoms with Crippen LogP contribution in [0, 0.1) is 0 Å². The Morgan fingerprint density at radius 3 is 2.29 bits per heavy atom. The number of aromatic nitrogens is 1. The first-order valence-corrected chi connectivity index (χ1v) is 6.83. The maximum absolute atomic E-state index is 11.7. The molecule has 0 aliphatic heterocycles. The van der Waals surface area contributed by atoms with E-state index in [1.54, 1.807) is 36.7 Å². The van der Waals surface area contributed by atoms with Gasteiger partial charge >= 0.3 is 0 Å². The molecule has 110 valence electrons. The number of ether oxygens (including phenoxy) is 2. The number of hydrogen-bond donors (Lipinski definition) is 1. The number of nitrogens with one attached hydrogen (secondary N) is 1. The Labute approximate surface area is 123 Å². The molecule has 1 heterocycles. The number of nitrogens with zero attached hydrogens (tertiary/aromatic N) is 1. The molecule has 0 saturated heterocycles. The third kappa shape index (κ3) is 5.14. The van der Waals surface area contributed by atoms with Gasteiger partial charge in [0, 0.05) is 18.1 Å². The summed E-state index contributed by atoms with van der Waals surface area (Å²) in [7, 11) is 0. The van der Waals surface area contributed by atoms with Crippen LogP contribution in [0.3, 0.4) is 0 Å². The molecular formula is C16H18N2O3. The molecule has 0 atom stereocenters. The molecule has 0 radical (unpaired) electrons. The lowest BCUT2D eigenvalue weighted by Crippen LogP contribution is -2.20. The van der Waals surface area contributed by atoms with Gasteiger partial charge in [0.15, 0.2) is 6.61 Å². The van der Waals surface area contributed by atoms with E-state index in [-0.39, 0.29) is 12.5 Å². The lowest BCUT2D eigenvalue weighted by Gasteiger charge is -2.08. The van der Waals surface area contributed by atoms with Gasteiger partial charge in [-0.15, -0.1) is 0 Å².